The number of anilines is 1. The molecule has 0 aromatic carbocycles. The van der Waals surface area contributed by atoms with Crippen molar-refractivity contribution in [3.05, 3.63) is 22.7 Å². The van der Waals surface area contributed by atoms with Gasteiger partial charge in [-0.05, 0) is 12.8 Å². The highest BCUT2D eigenvalue weighted by Gasteiger charge is 2.43. The van der Waals surface area contributed by atoms with Crippen LogP contribution in [0.3, 0.4) is 0 Å². The molecule has 0 spiro atoms. The molecule has 10 nitrogen and oxygen atoms in total. The first-order chi connectivity index (χ1) is 12.0. The Bertz CT molecular complexity index is 673. The Labute approximate surface area is 143 Å². The SMILES string of the molecule is O=C(ONc1ccn([C@@H]2O[C@H](CO)[C@@H](O)[C@H]2O)c(=O)n1)C1CCCC1. The predicted octanol–water partition coefficient (Wildman–Crippen LogP) is -1.08. The minimum atomic E-state index is -1.38. The van der Waals surface area contributed by atoms with E-state index < -0.39 is 36.8 Å². The molecule has 0 amide bonds. The van der Waals surface area contributed by atoms with Crippen LogP contribution in [0.25, 0.3) is 0 Å². The van der Waals surface area contributed by atoms with Crippen molar-refractivity contribution in [2.24, 2.45) is 5.92 Å². The smallest absolute Gasteiger partial charge is 0.351 e. The topological polar surface area (TPSA) is 143 Å². The van der Waals surface area contributed by atoms with Gasteiger partial charge in [-0.1, -0.05) is 12.8 Å². The Kier molecular flexibility index (Phi) is 5.33. The molecule has 2 heterocycles. The number of hydrogen-bond donors (Lipinski definition) is 4. The van der Waals surface area contributed by atoms with Crippen molar-refractivity contribution in [1.29, 1.82) is 0 Å². The normalized spacial score (nSPS) is 29.7. The molecule has 138 valence electrons. The van der Waals surface area contributed by atoms with Crippen LogP contribution in [-0.2, 0) is 14.4 Å². The van der Waals surface area contributed by atoms with E-state index in [0.717, 1.165) is 30.3 Å². The minimum Gasteiger partial charge on any atom is -0.394 e. The summed E-state index contributed by atoms with van der Waals surface area (Å²) in [6.07, 6.45) is 0.0296. The van der Waals surface area contributed by atoms with Crippen LogP contribution in [0.15, 0.2) is 17.1 Å². The fraction of sp³-hybridized carbons (Fsp3) is 0.667. The maximum absolute atomic E-state index is 12.1. The van der Waals surface area contributed by atoms with E-state index >= 15 is 0 Å². The molecule has 4 atom stereocenters. The number of aliphatic hydroxyl groups excluding tert-OH is 3. The van der Waals surface area contributed by atoms with Gasteiger partial charge in [-0.25, -0.2) is 15.1 Å². The van der Waals surface area contributed by atoms with Gasteiger partial charge in [0.2, 0.25) is 0 Å². The molecule has 3 rings (SSSR count). The maximum Gasteiger partial charge on any atom is 0.351 e. The highest BCUT2D eigenvalue weighted by atomic mass is 16.7. The van der Waals surface area contributed by atoms with Crippen LogP contribution in [0.4, 0.5) is 5.82 Å². The first kappa shape index (κ1) is 17.8. The molecule has 1 aliphatic carbocycles. The van der Waals surface area contributed by atoms with Crippen molar-refractivity contribution >= 4 is 11.8 Å². The van der Waals surface area contributed by atoms with Crippen molar-refractivity contribution in [3.8, 4) is 0 Å². The Morgan fingerprint density at radius 3 is 2.68 bits per heavy atom. The Morgan fingerprint density at radius 2 is 2.08 bits per heavy atom. The molecule has 1 aliphatic heterocycles. The average Bonchev–Trinajstić information content (AvgIpc) is 3.23. The zero-order valence-corrected chi connectivity index (χ0v) is 13.4. The van der Waals surface area contributed by atoms with Crippen LogP contribution in [0.5, 0.6) is 0 Å². The summed E-state index contributed by atoms with van der Waals surface area (Å²) in [4.78, 5) is 32.6. The summed E-state index contributed by atoms with van der Waals surface area (Å²) in [6.45, 7) is -0.492. The number of ether oxygens (including phenoxy) is 1. The third kappa shape index (κ3) is 3.66. The second-order valence-corrected chi connectivity index (χ2v) is 6.24. The number of nitrogens with one attached hydrogen (secondary N) is 1. The molecule has 2 fully saturated rings. The molecule has 0 radical (unpaired) electrons. The minimum absolute atomic E-state index is 0.0411. The Morgan fingerprint density at radius 1 is 1.36 bits per heavy atom. The van der Waals surface area contributed by atoms with Gasteiger partial charge in [0.05, 0.1) is 12.5 Å². The van der Waals surface area contributed by atoms with Crippen LogP contribution >= 0.6 is 0 Å². The molecular formula is C15H21N3O7. The number of carbonyl (C=O) groups is 1. The van der Waals surface area contributed by atoms with Crippen molar-refractivity contribution in [1.82, 2.24) is 9.55 Å². The zero-order valence-electron chi connectivity index (χ0n) is 13.4. The third-order valence-electron chi connectivity index (χ3n) is 4.57. The van der Waals surface area contributed by atoms with E-state index in [1.54, 1.807) is 0 Å². The fourth-order valence-corrected chi connectivity index (χ4v) is 3.12. The van der Waals surface area contributed by atoms with Gasteiger partial charge < -0.3 is 24.9 Å². The molecule has 2 aliphatic rings. The quantitative estimate of drug-likeness (QED) is 0.485. The van der Waals surface area contributed by atoms with Crippen molar-refractivity contribution in [3.63, 3.8) is 0 Å². The molecule has 4 N–H and O–H groups in total. The standard InChI is InChI=1S/C15H21N3O7/c19-7-9-11(20)12(21)13(24-9)18-6-5-10(16-15(18)23)17-25-14(22)8-3-1-2-4-8/h5-6,8-9,11-13,19-21H,1-4,7H2,(H,16,17,23)/t9-,11-,12-,13-/m1/s1. The molecule has 1 saturated heterocycles. The number of carbonyl (C=O) groups excluding carboxylic acids is 1. The molecule has 1 aromatic rings. The van der Waals surface area contributed by atoms with Gasteiger partial charge in [0.25, 0.3) is 0 Å². The van der Waals surface area contributed by atoms with E-state index in [1.165, 1.54) is 12.3 Å². The predicted molar refractivity (Wildman–Crippen MR) is 83.2 cm³/mol. The van der Waals surface area contributed by atoms with Crippen LogP contribution in [-0.4, -0.2) is 55.8 Å². The van der Waals surface area contributed by atoms with Crippen LogP contribution in [0.1, 0.15) is 31.9 Å². The summed E-state index contributed by atoms with van der Waals surface area (Å²) in [5.74, 6) is -0.474. The summed E-state index contributed by atoms with van der Waals surface area (Å²) in [6, 6.07) is 1.37. The van der Waals surface area contributed by atoms with E-state index in [9.17, 15) is 19.8 Å². The Balaban J connectivity index is 1.65. The number of nitrogens with zero attached hydrogens (tertiary/aromatic N) is 2. The van der Waals surface area contributed by atoms with Crippen molar-refractivity contribution in [2.45, 2.75) is 50.2 Å². The lowest BCUT2D eigenvalue weighted by Gasteiger charge is -2.17. The summed E-state index contributed by atoms with van der Waals surface area (Å²) in [7, 11) is 0. The van der Waals surface area contributed by atoms with E-state index in [4.69, 9.17) is 14.7 Å². The first-order valence-corrected chi connectivity index (χ1v) is 8.19. The van der Waals surface area contributed by atoms with E-state index in [-0.39, 0.29) is 17.7 Å². The second kappa shape index (κ2) is 7.48. The van der Waals surface area contributed by atoms with Gasteiger partial charge in [-0.3, -0.25) is 4.57 Å². The maximum atomic E-state index is 12.1. The molecule has 1 saturated carbocycles. The Hall–Kier alpha value is -2.01. The fourth-order valence-electron chi connectivity index (χ4n) is 3.12. The second-order valence-electron chi connectivity index (χ2n) is 6.24. The van der Waals surface area contributed by atoms with E-state index in [2.05, 4.69) is 10.5 Å². The van der Waals surface area contributed by atoms with Crippen molar-refractivity contribution in [2.75, 3.05) is 12.1 Å². The lowest BCUT2D eigenvalue weighted by Crippen LogP contribution is -2.36. The monoisotopic (exact) mass is 355 g/mol. The highest BCUT2D eigenvalue weighted by Crippen LogP contribution is 2.28. The number of aromatic nitrogens is 2. The summed E-state index contributed by atoms with van der Waals surface area (Å²) < 4.78 is 6.27. The van der Waals surface area contributed by atoms with Crippen LogP contribution in [0, 0.1) is 5.92 Å². The molecule has 25 heavy (non-hydrogen) atoms. The summed E-state index contributed by atoms with van der Waals surface area (Å²) in [5, 5.41) is 28.8. The van der Waals surface area contributed by atoms with Gasteiger partial charge >= 0.3 is 11.7 Å². The van der Waals surface area contributed by atoms with Crippen LogP contribution < -0.4 is 11.2 Å². The van der Waals surface area contributed by atoms with Gasteiger partial charge in [0.1, 0.15) is 18.3 Å². The van der Waals surface area contributed by atoms with Gasteiger partial charge in [-0.15, -0.1) is 0 Å². The number of hydrogen-bond acceptors (Lipinski definition) is 9. The third-order valence-corrected chi connectivity index (χ3v) is 4.57. The molecule has 10 heteroatoms. The first-order valence-electron chi connectivity index (χ1n) is 8.19. The van der Waals surface area contributed by atoms with E-state index in [1.807, 2.05) is 0 Å². The molecule has 0 bridgehead atoms. The molecular weight excluding hydrogens is 334 g/mol. The van der Waals surface area contributed by atoms with E-state index in [0.29, 0.717) is 0 Å². The van der Waals surface area contributed by atoms with Gasteiger partial charge in [0.15, 0.2) is 12.0 Å². The number of rotatable bonds is 5. The highest BCUT2D eigenvalue weighted by molar-refractivity contribution is 5.73. The summed E-state index contributed by atoms with van der Waals surface area (Å²) in [5.41, 5.74) is 1.59. The molecule has 1 aromatic heterocycles. The largest absolute Gasteiger partial charge is 0.394 e. The van der Waals surface area contributed by atoms with Crippen molar-refractivity contribution < 1.29 is 29.7 Å². The molecule has 0 unspecified atom stereocenters. The lowest BCUT2D eigenvalue weighted by molar-refractivity contribution is -0.145. The number of aliphatic hydroxyl groups is 3. The zero-order chi connectivity index (χ0) is 18.0. The van der Waals surface area contributed by atoms with Gasteiger partial charge in [0, 0.05) is 12.3 Å². The van der Waals surface area contributed by atoms with Crippen LogP contribution in [0.2, 0.25) is 0 Å². The summed E-state index contributed by atoms with van der Waals surface area (Å²) >= 11 is 0. The lowest BCUT2D eigenvalue weighted by atomic mass is 10.1. The average molecular weight is 355 g/mol. The van der Waals surface area contributed by atoms with Gasteiger partial charge in [-0.2, -0.15) is 4.98 Å².